The Morgan fingerprint density at radius 1 is 1.50 bits per heavy atom. The van der Waals surface area contributed by atoms with Gasteiger partial charge in [-0.1, -0.05) is 6.07 Å². The number of hydrogen-bond donors (Lipinski definition) is 1. The normalized spacial score (nSPS) is 15.1. The summed E-state index contributed by atoms with van der Waals surface area (Å²) in [6, 6.07) is 3.86. The molecule has 1 unspecified atom stereocenters. The molecule has 18 heavy (non-hydrogen) atoms. The maximum Gasteiger partial charge on any atom is 0.244 e. The quantitative estimate of drug-likeness (QED) is 0.883. The Balaban J connectivity index is 2.03. The van der Waals surface area contributed by atoms with Crippen molar-refractivity contribution in [3.63, 3.8) is 0 Å². The number of likely N-dealkylation sites (N-methyl/N-ethyl adjacent to an activating group) is 1. The number of fused-ring (bicyclic) bond motifs is 1. The first-order chi connectivity index (χ1) is 8.61. The number of hydrogen-bond acceptors (Lipinski definition) is 3. The maximum atomic E-state index is 11.9. The van der Waals surface area contributed by atoms with Gasteiger partial charge in [0.15, 0.2) is 0 Å². The van der Waals surface area contributed by atoms with Crippen LogP contribution in [0.3, 0.4) is 0 Å². The minimum atomic E-state index is -0.234. The SMILES string of the molecule is CCN(C)C(=O)C(C)Nc1ccc2c(n1)CCC2. The Morgan fingerprint density at radius 2 is 2.28 bits per heavy atom. The first-order valence-electron chi connectivity index (χ1n) is 6.62. The molecule has 1 N–H and O–H groups in total. The number of nitrogens with one attached hydrogen (secondary N) is 1. The van der Waals surface area contributed by atoms with E-state index in [0.29, 0.717) is 0 Å². The van der Waals surface area contributed by atoms with Gasteiger partial charge in [0, 0.05) is 19.3 Å². The van der Waals surface area contributed by atoms with Crippen LogP contribution in [0.15, 0.2) is 12.1 Å². The van der Waals surface area contributed by atoms with E-state index in [1.165, 1.54) is 17.7 Å². The number of aromatic nitrogens is 1. The summed E-state index contributed by atoms with van der Waals surface area (Å²) in [5.41, 5.74) is 2.54. The van der Waals surface area contributed by atoms with Gasteiger partial charge in [-0.2, -0.15) is 0 Å². The predicted molar refractivity (Wildman–Crippen MR) is 72.7 cm³/mol. The van der Waals surface area contributed by atoms with Crippen molar-refractivity contribution in [3.8, 4) is 0 Å². The van der Waals surface area contributed by atoms with Crippen LogP contribution in [0.4, 0.5) is 5.82 Å². The van der Waals surface area contributed by atoms with Crippen LogP contribution in [0.2, 0.25) is 0 Å². The number of nitrogens with zero attached hydrogens (tertiary/aromatic N) is 2. The van der Waals surface area contributed by atoms with E-state index >= 15 is 0 Å². The topological polar surface area (TPSA) is 45.2 Å². The minimum absolute atomic E-state index is 0.0970. The molecular weight excluding hydrogens is 226 g/mol. The third kappa shape index (κ3) is 2.63. The second-order valence-corrected chi connectivity index (χ2v) is 4.87. The van der Waals surface area contributed by atoms with Crippen molar-refractivity contribution in [1.82, 2.24) is 9.88 Å². The standard InChI is InChI=1S/C14H21N3O/c1-4-17(3)14(18)10(2)15-13-9-8-11-6-5-7-12(11)16-13/h8-10H,4-7H2,1-3H3,(H,15,16). The van der Waals surface area contributed by atoms with Gasteiger partial charge in [-0.3, -0.25) is 4.79 Å². The summed E-state index contributed by atoms with van der Waals surface area (Å²) in [5.74, 6) is 0.904. The van der Waals surface area contributed by atoms with E-state index in [1.807, 2.05) is 27.0 Å². The van der Waals surface area contributed by atoms with Crippen LogP contribution in [0.1, 0.15) is 31.5 Å². The first-order valence-corrected chi connectivity index (χ1v) is 6.62. The zero-order valence-electron chi connectivity index (χ0n) is 11.4. The third-order valence-corrected chi connectivity index (χ3v) is 3.51. The molecule has 1 aliphatic rings. The molecule has 0 bridgehead atoms. The molecular formula is C14H21N3O. The van der Waals surface area contributed by atoms with E-state index in [-0.39, 0.29) is 11.9 Å². The van der Waals surface area contributed by atoms with E-state index in [4.69, 9.17) is 0 Å². The molecule has 0 aromatic carbocycles. The number of carbonyl (C=O) groups excluding carboxylic acids is 1. The molecule has 1 aromatic rings. The average molecular weight is 247 g/mol. The highest BCUT2D eigenvalue weighted by Gasteiger charge is 2.18. The Kier molecular flexibility index (Phi) is 3.84. The van der Waals surface area contributed by atoms with Crippen molar-refractivity contribution >= 4 is 11.7 Å². The fourth-order valence-corrected chi connectivity index (χ4v) is 2.27. The molecule has 0 saturated carbocycles. The minimum Gasteiger partial charge on any atom is -0.359 e. The van der Waals surface area contributed by atoms with Crippen LogP contribution in [-0.4, -0.2) is 35.4 Å². The molecule has 1 amide bonds. The molecule has 0 fully saturated rings. The Labute approximate surface area is 108 Å². The monoisotopic (exact) mass is 247 g/mol. The molecule has 1 heterocycles. The molecule has 0 radical (unpaired) electrons. The van der Waals surface area contributed by atoms with Crippen LogP contribution in [-0.2, 0) is 17.6 Å². The Morgan fingerprint density at radius 3 is 3.00 bits per heavy atom. The highest BCUT2D eigenvalue weighted by Crippen LogP contribution is 2.21. The Hall–Kier alpha value is -1.58. The van der Waals surface area contributed by atoms with E-state index in [9.17, 15) is 4.79 Å². The number of amides is 1. The van der Waals surface area contributed by atoms with Crippen LogP contribution in [0, 0.1) is 0 Å². The summed E-state index contributed by atoms with van der Waals surface area (Å²) >= 11 is 0. The Bertz CT molecular complexity index is 445. The van der Waals surface area contributed by atoms with Crippen molar-refractivity contribution in [2.45, 2.75) is 39.2 Å². The van der Waals surface area contributed by atoms with Crippen molar-refractivity contribution in [2.75, 3.05) is 18.9 Å². The summed E-state index contributed by atoms with van der Waals surface area (Å²) in [4.78, 5) is 18.2. The fraction of sp³-hybridized carbons (Fsp3) is 0.571. The number of aryl methyl sites for hydroxylation is 2. The van der Waals surface area contributed by atoms with E-state index in [0.717, 1.165) is 25.2 Å². The lowest BCUT2D eigenvalue weighted by Crippen LogP contribution is -2.39. The first kappa shape index (κ1) is 12.9. The summed E-state index contributed by atoms with van der Waals surface area (Å²) in [6.07, 6.45) is 3.39. The van der Waals surface area contributed by atoms with Crippen LogP contribution in [0.25, 0.3) is 0 Å². The number of rotatable bonds is 4. The smallest absolute Gasteiger partial charge is 0.244 e. The number of pyridine rings is 1. The number of anilines is 1. The second kappa shape index (κ2) is 5.38. The zero-order chi connectivity index (χ0) is 13.1. The van der Waals surface area contributed by atoms with Crippen LogP contribution >= 0.6 is 0 Å². The van der Waals surface area contributed by atoms with Gasteiger partial charge >= 0.3 is 0 Å². The van der Waals surface area contributed by atoms with Gasteiger partial charge in [0.2, 0.25) is 5.91 Å². The second-order valence-electron chi connectivity index (χ2n) is 4.87. The lowest BCUT2D eigenvalue weighted by molar-refractivity contribution is -0.130. The molecule has 1 aliphatic carbocycles. The van der Waals surface area contributed by atoms with Gasteiger partial charge in [0.05, 0.1) is 0 Å². The van der Waals surface area contributed by atoms with Crippen LogP contribution < -0.4 is 5.32 Å². The van der Waals surface area contributed by atoms with Crippen molar-refractivity contribution in [2.24, 2.45) is 0 Å². The van der Waals surface area contributed by atoms with Gasteiger partial charge in [0.1, 0.15) is 11.9 Å². The summed E-state index contributed by atoms with van der Waals surface area (Å²) < 4.78 is 0. The molecule has 2 rings (SSSR count). The van der Waals surface area contributed by atoms with E-state index in [2.05, 4.69) is 16.4 Å². The molecule has 0 aliphatic heterocycles. The lowest BCUT2D eigenvalue weighted by atomic mass is 10.2. The van der Waals surface area contributed by atoms with Crippen molar-refractivity contribution in [3.05, 3.63) is 23.4 Å². The van der Waals surface area contributed by atoms with Gasteiger partial charge in [-0.05, 0) is 44.7 Å². The largest absolute Gasteiger partial charge is 0.359 e. The van der Waals surface area contributed by atoms with Gasteiger partial charge in [-0.25, -0.2) is 4.98 Å². The third-order valence-electron chi connectivity index (χ3n) is 3.51. The molecule has 0 saturated heterocycles. The predicted octanol–water partition coefficient (Wildman–Crippen LogP) is 1.85. The van der Waals surface area contributed by atoms with Crippen molar-refractivity contribution < 1.29 is 4.79 Å². The van der Waals surface area contributed by atoms with Gasteiger partial charge in [-0.15, -0.1) is 0 Å². The van der Waals surface area contributed by atoms with Gasteiger partial charge < -0.3 is 10.2 Å². The van der Waals surface area contributed by atoms with E-state index < -0.39 is 0 Å². The summed E-state index contributed by atoms with van der Waals surface area (Å²) in [5, 5.41) is 3.18. The molecule has 1 atom stereocenters. The van der Waals surface area contributed by atoms with Gasteiger partial charge in [0.25, 0.3) is 0 Å². The zero-order valence-corrected chi connectivity index (χ0v) is 11.4. The number of carbonyl (C=O) groups is 1. The summed E-state index contributed by atoms with van der Waals surface area (Å²) in [6.45, 7) is 4.57. The summed E-state index contributed by atoms with van der Waals surface area (Å²) in [7, 11) is 1.82. The van der Waals surface area contributed by atoms with Crippen LogP contribution in [0.5, 0.6) is 0 Å². The highest BCUT2D eigenvalue weighted by atomic mass is 16.2. The average Bonchev–Trinajstić information content (AvgIpc) is 2.84. The van der Waals surface area contributed by atoms with E-state index in [1.54, 1.807) is 4.90 Å². The maximum absolute atomic E-state index is 11.9. The lowest BCUT2D eigenvalue weighted by Gasteiger charge is -2.21. The molecule has 4 heteroatoms. The highest BCUT2D eigenvalue weighted by molar-refractivity contribution is 5.83. The molecule has 4 nitrogen and oxygen atoms in total. The molecule has 98 valence electrons. The molecule has 0 spiro atoms. The fourth-order valence-electron chi connectivity index (χ4n) is 2.27. The molecule has 1 aromatic heterocycles. The van der Waals surface area contributed by atoms with Crippen molar-refractivity contribution in [1.29, 1.82) is 0 Å².